The van der Waals surface area contributed by atoms with Crippen LogP contribution < -0.4 is 17.0 Å². The fraction of sp³-hybridized carbons (Fsp3) is 0.600. The van der Waals surface area contributed by atoms with Crippen molar-refractivity contribution >= 4 is 11.9 Å². The Kier molecular flexibility index (Phi) is 13.4. The zero-order valence-electron chi connectivity index (χ0n) is 19.2. The van der Waals surface area contributed by atoms with Crippen molar-refractivity contribution in [2.75, 3.05) is 39.8 Å². The number of quaternary nitrogens is 1. The van der Waals surface area contributed by atoms with Gasteiger partial charge in [0.25, 0.3) is 0 Å². The molecule has 2 rings (SSSR count). The van der Waals surface area contributed by atoms with Crippen molar-refractivity contribution < 1.29 is 35.8 Å². The molecule has 31 heavy (non-hydrogen) atoms. The Hall–Kier alpha value is -1.66. The van der Waals surface area contributed by atoms with Crippen LogP contribution in [0, 0.1) is 0 Å². The van der Waals surface area contributed by atoms with Crippen LogP contribution in [0.25, 0.3) is 0 Å². The van der Waals surface area contributed by atoms with E-state index >= 15 is 0 Å². The first-order valence-electron chi connectivity index (χ1n) is 11.4. The molecule has 1 unspecified atom stereocenters. The van der Waals surface area contributed by atoms with E-state index in [-0.39, 0.29) is 28.9 Å². The van der Waals surface area contributed by atoms with Gasteiger partial charge >= 0.3 is 5.97 Å². The molecule has 1 aromatic rings. The molecule has 0 N–H and O–H groups in total. The average Bonchev–Trinajstić information content (AvgIpc) is 2.91. The summed E-state index contributed by atoms with van der Waals surface area (Å²) >= 11 is 0. The third-order valence-corrected chi connectivity index (χ3v) is 5.84. The predicted octanol–water partition coefficient (Wildman–Crippen LogP) is 1.33. The molecular formula is C25H39BrN2O3. The summed E-state index contributed by atoms with van der Waals surface area (Å²) in [7, 11) is 2.31. The van der Waals surface area contributed by atoms with E-state index in [4.69, 9.17) is 4.74 Å². The molecular weight excluding hydrogens is 456 g/mol. The first-order valence-corrected chi connectivity index (χ1v) is 11.4. The van der Waals surface area contributed by atoms with E-state index in [1.807, 2.05) is 11.0 Å². The van der Waals surface area contributed by atoms with Crippen molar-refractivity contribution in [1.82, 2.24) is 4.90 Å². The second-order valence-corrected chi connectivity index (χ2v) is 8.69. The number of benzene rings is 1. The number of carbonyl (C=O) groups is 2. The van der Waals surface area contributed by atoms with Crippen LogP contribution in [0.15, 0.2) is 42.5 Å². The summed E-state index contributed by atoms with van der Waals surface area (Å²) < 4.78 is 5.92. The summed E-state index contributed by atoms with van der Waals surface area (Å²) in [6.07, 6.45) is 11.2. The van der Waals surface area contributed by atoms with Gasteiger partial charge in [-0.15, -0.1) is 0 Å². The molecule has 0 spiro atoms. The van der Waals surface area contributed by atoms with Gasteiger partial charge in [0.2, 0.25) is 5.91 Å². The molecule has 5 nitrogen and oxygen atoms in total. The number of hydrogen-bond donors (Lipinski definition) is 0. The van der Waals surface area contributed by atoms with Crippen LogP contribution in [-0.4, -0.2) is 61.1 Å². The fourth-order valence-electron chi connectivity index (χ4n) is 4.03. The minimum absolute atomic E-state index is 0. The zero-order valence-corrected chi connectivity index (χ0v) is 20.8. The van der Waals surface area contributed by atoms with Gasteiger partial charge in [0.1, 0.15) is 6.54 Å². The summed E-state index contributed by atoms with van der Waals surface area (Å²) in [6, 6.07) is 10.6. The zero-order chi connectivity index (χ0) is 21.7. The largest absolute Gasteiger partial charge is 1.00 e. The maximum atomic E-state index is 12.6. The maximum absolute atomic E-state index is 12.6. The number of likely N-dealkylation sites (N-methyl/N-ethyl adjacent to an activating group) is 1. The van der Waals surface area contributed by atoms with Gasteiger partial charge in [-0.1, -0.05) is 55.7 Å². The minimum Gasteiger partial charge on any atom is -1.00 e. The lowest BCUT2D eigenvalue weighted by atomic mass is 10.1. The van der Waals surface area contributed by atoms with Crippen LogP contribution in [0.4, 0.5) is 0 Å². The maximum Gasteiger partial charge on any atom is 0.302 e. The molecule has 0 saturated carbocycles. The number of amides is 1. The number of allylic oxidation sites excluding steroid dienone is 1. The lowest BCUT2D eigenvalue weighted by Gasteiger charge is -2.33. The van der Waals surface area contributed by atoms with Crippen molar-refractivity contribution in [3.63, 3.8) is 0 Å². The van der Waals surface area contributed by atoms with Crippen LogP contribution in [0.2, 0.25) is 0 Å². The smallest absolute Gasteiger partial charge is 0.302 e. The Morgan fingerprint density at radius 2 is 1.74 bits per heavy atom. The van der Waals surface area contributed by atoms with E-state index in [0.29, 0.717) is 6.61 Å². The van der Waals surface area contributed by atoms with Crippen molar-refractivity contribution in [1.29, 1.82) is 0 Å². The van der Waals surface area contributed by atoms with E-state index in [0.717, 1.165) is 82.2 Å². The van der Waals surface area contributed by atoms with Gasteiger partial charge in [-0.05, 0) is 25.3 Å². The van der Waals surface area contributed by atoms with Gasteiger partial charge in [0.05, 0.1) is 33.3 Å². The Balaban J connectivity index is 0.00000480. The Bertz CT molecular complexity index is 681. The Morgan fingerprint density at radius 3 is 2.48 bits per heavy atom. The van der Waals surface area contributed by atoms with Crippen molar-refractivity contribution in [2.24, 2.45) is 0 Å². The summed E-state index contributed by atoms with van der Waals surface area (Å²) in [4.78, 5) is 25.3. The average molecular weight is 496 g/mol. The van der Waals surface area contributed by atoms with Crippen LogP contribution in [0.3, 0.4) is 0 Å². The number of nitrogens with zero attached hydrogens (tertiary/aromatic N) is 2. The number of ether oxygens (including phenoxy) is 1. The molecule has 6 heteroatoms. The van der Waals surface area contributed by atoms with E-state index in [2.05, 4.69) is 37.4 Å². The highest BCUT2D eigenvalue weighted by Gasteiger charge is 2.27. The second kappa shape index (κ2) is 15.2. The number of halogens is 1. The summed E-state index contributed by atoms with van der Waals surface area (Å²) in [5, 5.41) is 0. The van der Waals surface area contributed by atoms with E-state index in [9.17, 15) is 9.59 Å². The number of hydrogen-bond acceptors (Lipinski definition) is 3. The minimum atomic E-state index is -0.200. The molecule has 1 atom stereocenters. The molecule has 1 amide bonds. The van der Waals surface area contributed by atoms with Gasteiger partial charge in [-0.2, -0.15) is 0 Å². The summed E-state index contributed by atoms with van der Waals surface area (Å²) in [5.41, 5.74) is 1.37. The molecule has 1 aromatic carbocycles. The lowest BCUT2D eigenvalue weighted by Crippen LogP contribution is -3.00. The molecule has 0 bridgehead atoms. The monoisotopic (exact) mass is 494 g/mol. The third-order valence-electron chi connectivity index (χ3n) is 5.84. The lowest BCUT2D eigenvalue weighted by molar-refractivity contribution is -0.920. The fourth-order valence-corrected chi connectivity index (χ4v) is 4.03. The van der Waals surface area contributed by atoms with Crippen LogP contribution >= 0.6 is 0 Å². The number of rotatable bonds is 11. The highest BCUT2D eigenvalue weighted by Crippen LogP contribution is 2.16. The Labute approximate surface area is 198 Å². The number of esters is 1. The molecule has 0 radical (unpaired) electrons. The van der Waals surface area contributed by atoms with E-state index < -0.39 is 0 Å². The first-order chi connectivity index (χ1) is 14.5. The summed E-state index contributed by atoms with van der Waals surface area (Å²) in [5.74, 6) is -0.0430. The molecule has 1 heterocycles. The van der Waals surface area contributed by atoms with Crippen LogP contribution in [0.5, 0.6) is 0 Å². The van der Waals surface area contributed by atoms with E-state index in [1.165, 1.54) is 12.5 Å². The highest BCUT2D eigenvalue weighted by atomic mass is 79.9. The topological polar surface area (TPSA) is 46.6 Å². The normalized spacial score (nSPS) is 19.0. The van der Waals surface area contributed by atoms with Crippen LogP contribution in [0.1, 0.15) is 57.4 Å². The van der Waals surface area contributed by atoms with Gasteiger partial charge < -0.3 is 31.1 Å². The molecule has 1 aliphatic rings. The molecule has 1 fully saturated rings. The number of carbonyl (C=O) groups excluding carboxylic acids is 2. The molecule has 0 aliphatic carbocycles. The van der Waals surface area contributed by atoms with Gasteiger partial charge in [0.15, 0.2) is 0 Å². The molecule has 0 aromatic heterocycles. The predicted molar refractivity (Wildman–Crippen MR) is 121 cm³/mol. The molecule has 1 saturated heterocycles. The van der Waals surface area contributed by atoms with Crippen molar-refractivity contribution in [2.45, 2.75) is 58.4 Å². The third kappa shape index (κ3) is 11.5. The van der Waals surface area contributed by atoms with Gasteiger partial charge in [-0.25, -0.2) is 0 Å². The Morgan fingerprint density at radius 1 is 1.03 bits per heavy atom. The number of unbranched alkanes of at least 4 members (excludes halogenated alkanes) is 5. The summed E-state index contributed by atoms with van der Waals surface area (Å²) in [6.45, 7) is 6.80. The first kappa shape index (κ1) is 27.4. The highest BCUT2D eigenvalue weighted by molar-refractivity contribution is 5.87. The SMILES string of the molecule is CC(=O)OCCCCCCC/C=C/C(=O)N1CCC[N+](C)(Cc2ccccc2)CC1.[Br-]. The van der Waals surface area contributed by atoms with Gasteiger partial charge in [0, 0.05) is 25.5 Å². The molecule has 1 aliphatic heterocycles. The van der Waals surface area contributed by atoms with Gasteiger partial charge in [-0.3, -0.25) is 9.59 Å². The quantitative estimate of drug-likeness (QED) is 0.202. The van der Waals surface area contributed by atoms with E-state index in [1.54, 1.807) is 6.08 Å². The standard InChI is InChI=1S/C25H39N2O3.BrH/c1-23(28)30-21-12-7-5-3-4-6-11-16-25(29)26-17-13-19-27(2,20-18-26)22-24-14-9-8-10-15-24;/h8-11,14-16H,3-7,12-13,17-22H2,1-2H3;1H/q+1;/p-1/b16-11+;. The van der Waals surface area contributed by atoms with Crippen LogP contribution in [-0.2, 0) is 20.9 Å². The molecule has 174 valence electrons. The second-order valence-electron chi connectivity index (χ2n) is 8.69. The van der Waals surface area contributed by atoms with Crippen molar-refractivity contribution in [3.05, 3.63) is 48.0 Å². The van der Waals surface area contributed by atoms with Crippen molar-refractivity contribution in [3.8, 4) is 0 Å².